The molecule has 1 N–H and O–H groups in total. The van der Waals surface area contributed by atoms with Gasteiger partial charge in [-0.15, -0.1) is 0 Å². The molecule has 100 valence electrons. The van der Waals surface area contributed by atoms with Crippen molar-refractivity contribution in [3.8, 4) is 5.69 Å². The number of pyridine rings is 1. The number of nitrogens with zero attached hydrogens (tertiary/aromatic N) is 1. The first-order valence-electron chi connectivity index (χ1n) is 5.85. The van der Waals surface area contributed by atoms with Crippen molar-refractivity contribution in [3.63, 3.8) is 0 Å². The minimum absolute atomic E-state index is 0.0307. The Bertz CT molecular complexity index is 665. The summed E-state index contributed by atoms with van der Waals surface area (Å²) in [6.07, 6.45) is 1.83. The summed E-state index contributed by atoms with van der Waals surface area (Å²) in [5.41, 5.74) is 2.47. The molecule has 19 heavy (non-hydrogen) atoms. The number of nitrogens with one attached hydrogen (secondary N) is 1. The Balaban J connectivity index is 2.57. The molecular formula is C14H14Cl2N2O. The van der Waals surface area contributed by atoms with Gasteiger partial charge in [-0.3, -0.25) is 4.79 Å². The quantitative estimate of drug-likeness (QED) is 0.944. The maximum absolute atomic E-state index is 11.8. The van der Waals surface area contributed by atoms with E-state index in [4.69, 9.17) is 23.2 Å². The molecule has 0 saturated carbocycles. The second-order valence-corrected chi connectivity index (χ2v) is 5.12. The lowest BCUT2D eigenvalue weighted by Gasteiger charge is -2.13. The van der Waals surface area contributed by atoms with Gasteiger partial charge in [-0.2, -0.15) is 0 Å². The van der Waals surface area contributed by atoms with E-state index in [-0.39, 0.29) is 5.43 Å². The molecule has 0 spiro atoms. The van der Waals surface area contributed by atoms with Crippen molar-refractivity contribution < 1.29 is 0 Å². The Kier molecular flexibility index (Phi) is 4.30. The number of aromatic nitrogens is 1. The third kappa shape index (κ3) is 3.00. The van der Waals surface area contributed by atoms with E-state index in [0.29, 0.717) is 22.2 Å². The van der Waals surface area contributed by atoms with Gasteiger partial charge in [0.1, 0.15) is 0 Å². The first-order chi connectivity index (χ1) is 9.02. The van der Waals surface area contributed by atoms with Crippen LogP contribution in [-0.2, 0) is 6.54 Å². The summed E-state index contributed by atoms with van der Waals surface area (Å²) in [6, 6.07) is 7.02. The van der Waals surface area contributed by atoms with Crippen LogP contribution < -0.4 is 10.7 Å². The third-order valence-electron chi connectivity index (χ3n) is 2.87. The number of hydrogen-bond acceptors (Lipinski definition) is 2. The summed E-state index contributed by atoms with van der Waals surface area (Å²) >= 11 is 11.9. The molecule has 0 aliphatic heterocycles. The number of aryl methyl sites for hydroxylation is 1. The average Bonchev–Trinajstić information content (AvgIpc) is 2.36. The van der Waals surface area contributed by atoms with Crippen molar-refractivity contribution >= 4 is 23.2 Å². The van der Waals surface area contributed by atoms with Gasteiger partial charge in [0.25, 0.3) is 0 Å². The van der Waals surface area contributed by atoms with Gasteiger partial charge in [0.15, 0.2) is 5.43 Å². The highest BCUT2D eigenvalue weighted by atomic mass is 35.5. The van der Waals surface area contributed by atoms with Crippen molar-refractivity contribution in [1.29, 1.82) is 0 Å². The van der Waals surface area contributed by atoms with Gasteiger partial charge in [0.05, 0.1) is 10.0 Å². The Morgan fingerprint density at radius 2 is 1.95 bits per heavy atom. The lowest BCUT2D eigenvalue weighted by atomic mass is 10.2. The van der Waals surface area contributed by atoms with E-state index >= 15 is 0 Å². The SMILES string of the molecule is CNCc1cn(-c2ccc(Cl)c(Cl)c2)c(C)cc1=O. The molecule has 1 aromatic heterocycles. The largest absolute Gasteiger partial charge is 0.321 e. The first kappa shape index (κ1) is 14.1. The summed E-state index contributed by atoms with van der Waals surface area (Å²) in [5, 5.41) is 3.99. The Morgan fingerprint density at radius 1 is 1.21 bits per heavy atom. The van der Waals surface area contributed by atoms with E-state index in [1.54, 1.807) is 18.2 Å². The van der Waals surface area contributed by atoms with Gasteiger partial charge < -0.3 is 9.88 Å². The molecule has 0 amide bonds. The third-order valence-corrected chi connectivity index (χ3v) is 3.61. The van der Waals surface area contributed by atoms with E-state index < -0.39 is 0 Å². The summed E-state index contributed by atoms with van der Waals surface area (Å²) in [7, 11) is 1.81. The van der Waals surface area contributed by atoms with Crippen LogP contribution in [0.2, 0.25) is 10.0 Å². The van der Waals surface area contributed by atoms with Crippen LogP contribution in [0.1, 0.15) is 11.3 Å². The standard InChI is InChI=1S/C14H14Cl2N2O/c1-9-5-14(19)10(7-17-2)8-18(9)11-3-4-12(15)13(16)6-11/h3-6,8,17H,7H2,1-2H3. The highest BCUT2D eigenvalue weighted by Gasteiger charge is 2.06. The van der Waals surface area contributed by atoms with Crippen LogP contribution in [0.4, 0.5) is 0 Å². The van der Waals surface area contributed by atoms with Gasteiger partial charge >= 0.3 is 0 Å². The lowest BCUT2D eigenvalue weighted by molar-refractivity contribution is 0.794. The van der Waals surface area contributed by atoms with E-state index in [0.717, 1.165) is 11.4 Å². The van der Waals surface area contributed by atoms with Crippen LogP contribution in [0.15, 0.2) is 35.3 Å². The molecule has 1 heterocycles. The highest BCUT2D eigenvalue weighted by Crippen LogP contribution is 2.24. The van der Waals surface area contributed by atoms with Gasteiger partial charge in [-0.25, -0.2) is 0 Å². The molecule has 0 saturated heterocycles. The van der Waals surface area contributed by atoms with Crippen LogP contribution in [0, 0.1) is 6.92 Å². The zero-order chi connectivity index (χ0) is 14.0. The Morgan fingerprint density at radius 3 is 2.58 bits per heavy atom. The molecule has 2 aromatic rings. The molecule has 0 unspecified atom stereocenters. The van der Waals surface area contributed by atoms with Crippen molar-refractivity contribution in [2.75, 3.05) is 7.05 Å². The predicted molar refractivity (Wildman–Crippen MR) is 79.6 cm³/mol. The van der Waals surface area contributed by atoms with E-state index in [9.17, 15) is 4.79 Å². The van der Waals surface area contributed by atoms with Crippen molar-refractivity contribution in [3.05, 3.63) is 62.0 Å². The van der Waals surface area contributed by atoms with Gasteiger partial charge in [0.2, 0.25) is 0 Å². The summed E-state index contributed by atoms with van der Waals surface area (Å²) in [6.45, 7) is 2.41. The molecule has 0 aliphatic rings. The second-order valence-electron chi connectivity index (χ2n) is 4.30. The molecule has 0 fully saturated rings. The minimum Gasteiger partial charge on any atom is -0.321 e. The summed E-state index contributed by atoms with van der Waals surface area (Å²) < 4.78 is 1.93. The van der Waals surface area contributed by atoms with Crippen LogP contribution in [0.25, 0.3) is 5.69 Å². The maximum Gasteiger partial charge on any atom is 0.186 e. The maximum atomic E-state index is 11.8. The van der Waals surface area contributed by atoms with Crippen molar-refractivity contribution in [2.45, 2.75) is 13.5 Å². The van der Waals surface area contributed by atoms with Crippen LogP contribution in [-0.4, -0.2) is 11.6 Å². The Hall–Kier alpha value is -1.29. The normalized spacial score (nSPS) is 10.7. The molecule has 3 nitrogen and oxygen atoms in total. The molecule has 0 aliphatic carbocycles. The Labute approximate surface area is 121 Å². The smallest absolute Gasteiger partial charge is 0.186 e. The molecule has 0 radical (unpaired) electrons. The zero-order valence-electron chi connectivity index (χ0n) is 10.7. The van der Waals surface area contributed by atoms with Crippen LogP contribution in [0.3, 0.4) is 0 Å². The monoisotopic (exact) mass is 296 g/mol. The summed E-state index contributed by atoms with van der Waals surface area (Å²) in [4.78, 5) is 11.8. The van der Waals surface area contributed by atoms with Crippen LogP contribution in [0.5, 0.6) is 0 Å². The topological polar surface area (TPSA) is 34.0 Å². The van der Waals surface area contributed by atoms with Gasteiger partial charge in [-0.1, -0.05) is 23.2 Å². The van der Waals surface area contributed by atoms with Gasteiger partial charge in [0, 0.05) is 35.8 Å². The minimum atomic E-state index is 0.0307. The predicted octanol–water partition coefficient (Wildman–Crippen LogP) is 3.17. The molecular weight excluding hydrogens is 283 g/mol. The first-order valence-corrected chi connectivity index (χ1v) is 6.60. The number of hydrogen-bond donors (Lipinski definition) is 1. The highest BCUT2D eigenvalue weighted by molar-refractivity contribution is 6.42. The number of benzene rings is 1. The van der Waals surface area contributed by atoms with Crippen molar-refractivity contribution in [2.24, 2.45) is 0 Å². The van der Waals surface area contributed by atoms with Crippen molar-refractivity contribution in [1.82, 2.24) is 9.88 Å². The molecule has 0 atom stereocenters. The van der Waals surface area contributed by atoms with Gasteiger partial charge in [-0.05, 0) is 32.2 Å². The molecule has 0 bridgehead atoms. The second kappa shape index (κ2) is 5.78. The van der Waals surface area contributed by atoms with E-state index in [1.165, 1.54) is 0 Å². The lowest BCUT2D eigenvalue weighted by Crippen LogP contribution is -2.19. The molecule has 2 rings (SSSR count). The zero-order valence-corrected chi connectivity index (χ0v) is 12.2. The summed E-state index contributed by atoms with van der Waals surface area (Å²) in [5.74, 6) is 0. The van der Waals surface area contributed by atoms with E-state index in [1.807, 2.05) is 30.8 Å². The molecule has 5 heteroatoms. The average molecular weight is 297 g/mol. The number of rotatable bonds is 3. The fourth-order valence-corrected chi connectivity index (χ4v) is 2.20. The van der Waals surface area contributed by atoms with E-state index in [2.05, 4.69) is 5.32 Å². The van der Waals surface area contributed by atoms with Crippen LogP contribution >= 0.6 is 23.2 Å². The fourth-order valence-electron chi connectivity index (χ4n) is 1.91. The number of halogens is 2. The fraction of sp³-hybridized carbons (Fsp3) is 0.214. The molecule has 1 aromatic carbocycles.